The summed E-state index contributed by atoms with van der Waals surface area (Å²) in [4.78, 5) is 35.5. The number of rotatable bonds is 9. The first kappa shape index (κ1) is 34.0. The summed E-state index contributed by atoms with van der Waals surface area (Å²) in [5, 5.41) is 4.63. The van der Waals surface area contributed by atoms with Gasteiger partial charge in [0.15, 0.2) is 0 Å². The number of thioether (sulfide) groups is 1. The molecule has 1 amide bonds. The molecular formula is C36H26Cl3N5O4S2. The van der Waals surface area contributed by atoms with E-state index in [4.69, 9.17) is 39.8 Å². The van der Waals surface area contributed by atoms with Crippen LogP contribution in [0.3, 0.4) is 0 Å². The molecule has 0 radical (unpaired) electrons. The Kier molecular flexibility index (Phi) is 9.51. The molecule has 50 heavy (non-hydrogen) atoms. The topological polar surface area (TPSA) is 113 Å². The minimum absolute atomic E-state index is 0.0631. The number of hydrogen-bond donors (Lipinski definition) is 2. The molecule has 1 unspecified atom stereocenters. The molecule has 5 aromatic carbocycles. The maximum Gasteiger partial charge on any atom is 0.280 e. The van der Waals surface area contributed by atoms with E-state index in [2.05, 4.69) is 10.1 Å². The molecule has 0 spiro atoms. The monoisotopic (exact) mass is 761 g/mol. The molecule has 2 N–H and O–H groups in total. The van der Waals surface area contributed by atoms with Gasteiger partial charge in [0, 0.05) is 22.8 Å². The highest BCUT2D eigenvalue weighted by Gasteiger charge is 2.34. The highest BCUT2D eigenvalue weighted by molar-refractivity contribution is 8.00. The van der Waals surface area contributed by atoms with E-state index in [1.54, 1.807) is 71.6 Å². The summed E-state index contributed by atoms with van der Waals surface area (Å²) in [5.41, 5.74) is 3.10. The zero-order chi connectivity index (χ0) is 35.0. The molecule has 252 valence electrons. The second-order valence-corrected chi connectivity index (χ2v) is 15.3. The number of sulfonamides is 1. The van der Waals surface area contributed by atoms with E-state index < -0.39 is 15.6 Å². The van der Waals surface area contributed by atoms with Gasteiger partial charge in [-0.25, -0.2) is 9.82 Å². The van der Waals surface area contributed by atoms with Crippen molar-refractivity contribution in [3.05, 3.63) is 158 Å². The number of para-hydroxylation sites is 3. The number of aromatic nitrogens is 2. The van der Waals surface area contributed by atoms with Crippen LogP contribution in [-0.2, 0) is 21.2 Å². The lowest BCUT2D eigenvalue weighted by atomic mass is 10.1. The minimum Gasteiger partial charge on any atom is -0.353 e. The Bertz CT molecular complexity index is 2400. The Morgan fingerprint density at radius 3 is 2.22 bits per heavy atom. The standard InChI is InChI=1S/C36H26Cl3N5O4S2/c37-24-14-12-22(13-15-24)36-43(33(45)21-49-36)25-16-18-26(19-17-25)50(47,48)42-44-32(40-31-11-4-2-7-27(31)35(44)46)20-23-6-1-3-10-30(23)41-34-28(38)8-5-9-29(34)39/h1-19,36,41-42H,20-21H2. The van der Waals surface area contributed by atoms with Gasteiger partial charge in [-0.15, -0.1) is 11.8 Å². The van der Waals surface area contributed by atoms with Crippen molar-refractivity contribution in [1.82, 2.24) is 9.66 Å². The van der Waals surface area contributed by atoms with Crippen molar-refractivity contribution in [3.63, 3.8) is 0 Å². The largest absolute Gasteiger partial charge is 0.353 e. The zero-order valence-corrected chi connectivity index (χ0v) is 29.8. The van der Waals surface area contributed by atoms with Crippen LogP contribution in [0.2, 0.25) is 15.1 Å². The number of halogens is 3. The van der Waals surface area contributed by atoms with Gasteiger partial charge >= 0.3 is 0 Å². The predicted octanol–water partition coefficient (Wildman–Crippen LogP) is 8.40. The molecule has 0 saturated carbocycles. The van der Waals surface area contributed by atoms with Gasteiger partial charge in [-0.2, -0.15) is 13.1 Å². The van der Waals surface area contributed by atoms with Crippen molar-refractivity contribution in [2.45, 2.75) is 16.7 Å². The summed E-state index contributed by atoms with van der Waals surface area (Å²) in [7, 11) is -4.31. The van der Waals surface area contributed by atoms with Gasteiger partial charge in [-0.3, -0.25) is 14.5 Å². The van der Waals surface area contributed by atoms with Crippen LogP contribution in [0.25, 0.3) is 10.9 Å². The van der Waals surface area contributed by atoms with Gasteiger partial charge in [-0.1, -0.05) is 83.3 Å². The SMILES string of the molecule is O=C1CSC(c2ccc(Cl)cc2)N1c1ccc(S(=O)(=O)Nn2c(Cc3ccccc3Nc3c(Cl)cccc3Cl)nc3ccccc3c2=O)cc1. The van der Waals surface area contributed by atoms with Crippen molar-refractivity contribution in [3.8, 4) is 0 Å². The van der Waals surface area contributed by atoms with Gasteiger partial charge in [0.05, 0.1) is 37.3 Å². The summed E-state index contributed by atoms with van der Waals surface area (Å²) in [6, 6.07) is 32.4. The van der Waals surface area contributed by atoms with Gasteiger partial charge in [-0.05, 0) is 77.9 Å². The third kappa shape index (κ3) is 6.79. The Hall–Kier alpha value is -4.52. The fraction of sp³-hybridized carbons (Fsp3) is 0.0833. The van der Waals surface area contributed by atoms with Crippen LogP contribution in [0.4, 0.5) is 17.1 Å². The molecule has 1 aliphatic heterocycles. The number of benzene rings is 5. The van der Waals surface area contributed by atoms with Gasteiger partial charge in [0.2, 0.25) is 5.91 Å². The Morgan fingerprint density at radius 1 is 0.800 bits per heavy atom. The normalized spacial score (nSPS) is 14.7. The van der Waals surface area contributed by atoms with Crippen molar-refractivity contribution in [2.24, 2.45) is 0 Å². The van der Waals surface area contributed by atoms with E-state index >= 15 is 0 Å². The van der Waals surface area contributed by atoms with E-state index in [-0.39, 0.29) is 39.6 Å². The van der Waals surface area contributed by atoms with E-state index in [1.165, 1.54) is 23.9 Å². The summed E-state index contributed by atoms with van der Waals surface area (Å²) in [5.74, 6) is 0.326. The number of hydrogen-bond acceptors (Lipinski definition) is 7. The number of nitrogens with zero attached hydrogens (tertiary/aromatic N) is 3. The van der Waals surface area contributed by atoms with Crippen LogP contribution in [0.1, 0.15) is 22.3 Å². The molecule has 6 aromatic rings. The molecule has 7 rings (SSSR count). The fourth-order valence-corrected chi connectivity index (χ4v) is 8.47. The second-order valence-electron chi connectivity index (χ2n) is 11.3. The van der Waals surface area contributed by atoms with Crippen molar-refractivity contribution >= 4 is 90.5 Å². The molecule has 0 aliphatic carbocycles. The van der Waals surface area contributed by atoms with Gasteiger partial charge < -0.3 is 5.32 Å². The number of anilines is 3. The van der Waals surface area contributed by atoms with Crippen LogP contribution in [-0.4, -0.2) is 29.7 Å². The summed E-state index contributed by atoms with van der Waals surface area (Å²) < 4.78 is 28.7. The van der Waals surface area contributed by atoms with E-state index in [0.29, 0.717) is 43.2 Å². The van der Waals surface area contributed by atoms with Crippen molar-refractivity contribution in [2.75, 3.05) is 20.8 Å². The predicted molar refractivity (Wildman–Crippen MR) is 202 cm³/mol. The van der Waals surface area contributed by atoms with Gasteiger partial charge in [0.25, 0.3) is 15.6 Å². The average Bonchev–Trinajstić information content (AvgIpc) is 3.50. The maximum atomic E-state index is 13.9. The van der Waals surface area contributed by atoms with Crippen LogP contribution >= 0.6 is 46.6 Å². The van der Waals surface area contributed by atoms with Crippen molar-refractivity contribution in [1.29, 1.82) is 0 Å². The smallest absolute Gasteiger partial charge is 0.280 e. The molecular weight excluding hydrogens is 737 g/mol. The van der Waals surface area contributed by atoms with Crippen LogP contribution in [0.5, 0.6) is 0 Å². The highest BCUT2D eigenvalue weighted by atomic mass is 35.5. The third-order valence-electron chi connectivity index (χ3n) is 8.09. The molecule has 1 fully saturated rings. The molecule has 1 aromatic heterocycles. The number of fused-ring (bicyclic) bond motifs is 1. The Morgan fingerprint density at radius 2 is 1.48 bits per heavy atom. The zero-order valence-electron chi connectivity index (χ0n) is 25.9. The summed E-state index contributed by atoms with van der Waals surface area (Å²) >= 11 is 20.4. The van der Waals surface area contributed by atoms with Crippen LogP contribution in [0, 0.1) is 0 Å². The highest BCUT2D eigenvalue weighted by Crippen LogP contribution is 2.42. The number of carbonyl (C=O) groups excluding carboxylic acids is 1. The molecule has 1 atom stereocenters. The van der Waals surface area contributed by atoms with Crippen LogP contribution in [0.15, 0.2) is 125 Å². The first-order chi connectivity index (χ1) is 24.1. The second kappa shape index (κ2) is 14.0. The Balaban J connectivity index is 1.22. The lowest BCUT2D eigenvalue weighted by Gasteiger charge is -2.24. The fourth-order valence-electron chi connectivity index (χ4n) is 5.65. The first-order valence-corrected chi connectivity index (χ1v) is 18.9. The lowest BCUT2D eigenvalue weighted by molar-refractivity contribution is -0.115. The lowest BCUT2D eigenvalue weighted by Crippen LogP contribution is -2.36. The van der Waals surface area contributed by atoms with E-state index in [1.807, 2.05) is 36.4 Å². The molecule has 2 heterocycles. The van der Waals surface area contributed by atoms with Crippen LogP contribution < -0.4 is 20.6 Å². The molecule has 0 bridgehead atoms. The third-order valence-corrected chi connectivity index (χ3v) is 11.5. The first-order valence-electron chi connectivity index (χ1n) is 15.2. The van der Waals surface area contributed by atoms with E-state index in [9.17, 15) is 18.0 Å². The molecule has 9 nitrogen and oxygen atoms in total. The molecule has 1 saturated heterocycles. The number of amides is 1. The molecule has 14 heteroatoms. The quantitative estimate of drug-likeness (QED) is 0.152. The summed E-state index contributed by atoms with van der Waals surface area (Å²) in [6.45, 7) is 0. The average molecular weight is 763 g/mol. The van der Waals surface area contributed by atoms with E-state index in [0.717, 1.165) is 10.2 Å². The summed E-state index contributed by atoms with van der Waals surface area (Å²) in [6.07, 6.45) is 0.0631. The van der Waals surface area contributed by atoms with Crippen molar-refractivity contribution < 1.29 is 13.2 Å². The number of carbonyl (C=O) groups is 1. The molecule has 1 aliphatic rings. The maximum absolute atomic E-state index is 13.9. The Labute approximate surface area is 306 Å². The number of nitrogens with one attached hydrogen (secondary N) is 2. The minimum atomic E-state index is -4.31. The van der Waals surface area contributed by atoms with Gasteiger partial charge in [0.1, 0.15) is 11.2 Å².